The van der Waals surface area contributed by atoms with E-state index in [4.69, 9.17) is 11.0 Å². The number of rotatable bonds is 2. The molecule has 0 fully saturated rings. The molecule has 0 radical (unpaired) electrons. The molecule has 100 valence electrons. The smallest absolute Gasteiger partial charge is 0.257 e. The maximum absolute atomic E-state index is 12.2. The van der Waals surface area contributed by atoms with Gasteiger partial charge in [0.05, 0.1) is 22.9 Å². The van der Waals surface area contributed by atoms with Crippen LogP contribution in [0.4, 0.5) is 11.4 Å². The van der Waals surface area contributed by atoms with E-state index in [2.05, 4.69) is 21.2 Å². The molecular weight excluding hydrogens is 318 g/mol. The molecule has 0 atom stereocenters. The minimum atomic E-state index is -0.281. The summed E-state index contributed by atoms with van der Waals surface area (Å²) in [5, 5.41) is 11.6. The number of benzene rings is 2. The summed E-state index contributed by atoms with van der Waals surface area (Å²) in [6, 6.07) is 12.3. The number of hydrogen-bond donors (Lipinski definition) is 2. The Balaban J connectivity index is 2.28. The topological polar surface area (TPSA) is 78.9 Å². The maximum atomic E-state index is 12.2. The van der Waals surface area contributed by atoms with Crippen LogP contribution >= 0.6 is 15.9 Å². The summed E-state index contributed by atoms with van der Waals surface area (Å²) in [7, 11) is 0. The van der Waals surface area contributed by atoms with E-state index in [1.807, 2.05) is 19.1 Å². The number of halogens is 1. The zero-order chi connectivity index (χ0) is 14.7. The number of nitrogens with zero attached hydrogens (tertiary/aromatic N) is 1. The first-order valence-electron chi connectivity index (χ1n) is 5.88. The van der Waals surface area contributed by atoms with Crippen LogP contribution in [0, 0.1) is 18.3 Å². The standard InChI is InChI=1S/C15H12BrN3O/c1-9-2-4-13(18)11(6-9)15(20)19-14-5-3-10(8-17)7-12(14)16/h2-7H,18H2,1H3,(H,19,20). The van der Waals surface area contributed by atoms with Gasteiger partial charge in [-0.2, -0.15) is 5.26 Å². The first-order chi connectivity index (χ1) is 9.51. The van der Waals surface area contributed by atoms with Crippen molar-refractivity contribution < 1.29 is 4.79 Å². The first-order valence-corrected chi connectivity index (χ1v) is 6.67. The summed E-state index contributed by atoms with van der Waals surface area (Å²) in [5.41, 5.74) is 8.74. The van der Waals surface area contributed by atoms with Crippen LogP contribution < -0.4 is 11.1 Å². The molecule has 0 saturated carbocycles. The Hall–Kier alpha value is -2.32. The van der Waals surface area contributed by atoms with Gasteiger partial charge in [0.1, 0.15) is 0 Å². The molecule has 2 rings (SSSR count). The monoisotopic (exact) mass is 329 g/mol. The highest BCUT2D eigenvalue weighted by Gasteiger charge is 2.12. The molecule has 0 heterocycles. The number of nitrogen functional groups attached to an aromatic ring is 1. The Kier molecular flexibility index (Phi) is 4.06. The third-order valence-electron chi connectivity index (χ3n) is 2.80. The van der Waals surface area contributed by atoms with Crippen LogP contribution in [0.1, 0.15) is 21.5 Å². The zero-order valence-corrected chi connectivity index (χ0v) is 12.4. The van der Waals surface area contributed by atoms with Crippen molar-refractivity contribution >= 4 is 33.2 Å². The highest BCUT2D eigenvalue weighted by atomic mass is 79.9. The molecule has 0 aromatic heterocycles. The lowest BCUT2D eigenvalue weighted by molar-refractivity contribution is 0.102. The molecular formula is C15H12BrN3O. The second-order valence-electron chi connectivity index (χ2n) is 4.35. The van der Waals surface area contributed by atoms with Gasteiger partial charge in [0.15, 0.2) is 0 Å². The molecule has 0 bridgehead atoms. The zero-order valence-electron chi connectivity index (χ0n) is 10.8. The van der Waals surface area contributed by atoms with Crippen molar-refractivity contribution in [3.8, 4) is 6.07 Å². The average molecular weight is 330 g/mol. The highest BCUT2D eigenvalue weighted by molar-refractivity contribution is 9.10. The van der Waals surface area contributed by atoms with E-state index in [-0.39, 0.29) is 5.91 Å². The predicted octanol–water partition coefficient (Wildman–Crippen LogP) is 3.46. The molecule has 2 aromatic rings. The normalized spacial score (nSPS) is 9.85. The largest absolute Gasteiger partial charge is 0.398 e. The number of amides is 1. The first kappa shape index (κ1) is 14.1. The number of anilines is 2. The van der Waals surface area contributed by atoms with Gasteiger partial charge in [-0.1, -0.05) is 11.6 Å². The number of nitriles is 1. The van der Waals surface area contributed by atoms with Crippen LogP contribution in [-0.4, -0.2) is 5.91 Å². The van der Waals surface area contributed by atoms with Gasteiger partial charge in [-0.15, -0.1) is 0 Å². The Bertz CT molecular complexity index is 720. The summed E-state index contributed by atoms with van der Waals surface area (Å²) >= 11 is 3.32. The van der Waals surface area contributed by atoms with E-state index in [0.717, 1.165) is 5.56 Å². The van der Waals surface area contributed by atoms with Gasteiger partial charge in [0, 0.05) is 10.2 Å². The average Bonchev–Trinajstić information content (AvgIpc) is 2.43. The van der Waals surface area contributed by atoms with Gasteiger partial charge in [0.2, 0.25) is 0 Å². The third-order valence-corrected chi connectivity index (χ3v) is 3.46. The Morgan fingerprint density at radius 1 is 1.30 bits per heavy atom. The molecule has 3 N–H and O–H groups in total. The molecule has 0 saturated heterocycles. The van der Waals surface area contributed by atoms with Crippen LogP contribution in [0.3, 0.4) is 0 Å². The molecule has 20 heavy (non-hydrogen) atoms. The van der Waals surface area contributed by atoms with Crippen LogP contribution in [0.25, 0.3) is 0 Å². The van der Waals surface area contributed by atoms with Gasteiger partial charge >= 0.3 is 0 Å². The van der Waals surface area contributed by atoms with Crippen molar-refractivity contribution in [1.82, 2.24) is 0 Å². The van der Waals surface area contributed by atoms with Crippen LogP contribution in [0.2, 0.25) is 0 Å². The quantitative estimate of drug-likeness (QED) is 0.828. The molecule has 4 nitrogen and oxygen atoms in total. The molecule has 0 unspecified atom stereocenters. The number of nitrogens with two attached hydrogens (primary N) is 1. The summed E-state index contributed by atoms with van der Waals surface area (Å²) in [6.07, 6.45) is 0. The van der Waals surface area contributed by atoms with Crippen molar-refractivity contribution in [2.75, 3.05) is 11.1 Å². The fourth-order valence-electron chi connectivity index (χ4n) is 1.74. The highest BCUT2D eigenvalue weighted by Crippen LogP contribution is 2.25. The SMILES string of the molecule is Cc1ccc(N)c(C(=O)Nc2ccc(C#N)cc2Br)c1. The van der Waals surface area contributed by atoms with Crippen LogP contribution in [0.15, 0.2) is 40.9 Å². The Morgan fingerprint density at radius 2 is 2.05 bits per heavy atom. The number of aryl methyl sites for hydroxylation is 1. The maximum Gasteiger partial charge on any atom is 0.257 e. The van der Waals surface area contributed by atoms with E-state index in [9.17, 15) is 4.79 Å². The fourth-order valence-corrected chi connectivity index (χ4v) is 2.22. The molecule has 0 aliphatic rings. The number of carbonyl (C=O) groups excluding carboxylic acids is 1. The lowest BCUT2D eigenvalue weighted by atomic mass is 10.1. The van der Waals surface area contributed by atoms with Gasteiger partial charge in [-0.05, 0) is 53.2 Å². The minimum absolute atomic E-state index is 0.281. The molecule has 2 aromatic carbocycles. The van der Waals surface area contributed by atoms with Crippen molar-refractivity contribution in [3.05, 3.63) is 57.6 Å². The summed E-state index contributed by atoms with van der Waals surface area (Å²) < 4.78 is 0.649. The lowest BCUT2D eigenvalue weighted by Gasteiger charge is -2.10. The Morgan fingerprint density at radius 3 is 2.70 bits per heavy atom. The second-order valence-corrected chi connectivity index (χ2v) is 5.21. The molecule has 0 aliphatic heterocycles. The molecule has 0 aliphatic carbocycles. The van der Waals surface area contributed by atoms with Gasteiger partial charge < -0.3 is 11.1 Å². The van der Waals surface area contributed by atoms with Gasteiger partial charge in [-0.25, -0.2) is 0 Å². The summed E-state index contributed by atoms with van der Waals surface area (Å²) in [5.74, 6) is -0.281. The van der Waals surface area contributed by atoms with Crippen molar-refractivity contribution in [2.45, 2.75) is 6.92 Å². The van der Waals surface area contributed by atoms with E-state index >= 15 is 0 Å². The van der Waals surface area contributed by atoms with Gasteiger partial charge in [-0.3, -0.25) is 4.79 Å². The molecule has 0 spiro atoms. The predicted molar refractivity (Wildman–Crippen MR) is 82.4 cm³/mol. The summed E-state index contributed by atoms with van der Waals surface area (Å²) in [4.78, 5) is 12.2. The van der Waals surface area contributed by atoms with Crippen molar-refractivity contribution in [3.63, 3.8) is 0 Å². The van der Waals surface area contributed by atoms with E-state index in [1.165, 1.54) is 0 Å². The molecule has 5 heteroatoms. The number of hydrogen-bond acceptors (Lipinski definition) is 3. The number of nitrogens with one attached hydrogen (secondary N) is 1. The van der Waals surface area contributed by atoms with Gasteiger partial charge in [0.25, 0.3) is 5.91 Å². The van der Waals surface area contributed by atoms with E-state index < -0.39 is 0 Å². The third kappa shape index (κ3) is 2.98. The lowest BCUT2D eigenvalue weighted by Crippen LogP contribution is -2.14. The fraction of sp³-hybridized carbons (Fsp3) is 0.0667. The minimum Gasteiger partial charge on any atom is -0.398 e. The van der Waals surface area contributed by atoms with Crippen LogP contribution in [0.5, 0.6) is 0 Å². The van der Waals surface area contributed by atoms with Crippen LogP contribution in [-0.2, 0) is 0 Å². The summed E-state index contributed by atoms with van der Waals surface area (Å²) in [6.45, 7) is 1.90. The molecule has 1 amide bonds. The van der Waals surface area contributed by atoms with E-state index in [0.29, 0.717) is 27.0 Å². The van der Waals surface area contributed by atoms with E-state index in [1.54, 1.807) is 30.3 Å². The Labute approximate surface area is 125 Å². The number of carbonyl (C=O) groups is 1. The van der Waals surface area contributed by atoms with Crippen molar-refractivity contribution in [1.29, 1.82) is 5.26 Å². The van der Waals surface area contributed by atoms with Crippen molar-refractivity contribution in [2.24, 2.45) is 0 Å². The second kappa shape index (κ2) is 5.76.